The third kappa shape index (κ3) is 11.7. The van der Waals surface area contributed by atoms with E-state index < -0.39 is 90.9 Å². The molecule has 0 saturated carbocycles. The number of hydrogen-bond donors (Lipinski definition) is 8. The Morgan fingerprint density at radius 1 is 0.744 bits per heavy atom. The molecule has 1 fully saturated rings. The van der Waals surface area contributed by atoms with Crippen molar-refractivity contribution in [3.8, 4) is 0 Å². The smallest absolute Gasteiger partial charge is 0.326 e. The van der Waals surface area contributed by atoms with E-state index in [1.165, 1.54) is 4.90 Å². The van der Waals surface area contributed by atoms with Gasteiger partial charge in [-0.3, -0.25) is 24.0 Å². The van der Waals surface area contributed by atoms with Crippen LogP contribution in [0.4, 0.5) is 0 Å². The number of nitrogens with two attached hydrogens (primary N) is 1. The van der Waals surface area contributed by atoms with Gasteiger partial charge in [-0.2, -0.15) is 0 Å². The van der Waals surface area contributed by atoms with E-state index in [4.69, 9.17) is 10.8 Å². The molecule has 0 unspecified atom stereocenters. The van der Waals surface area contributed by atoms with Gasteiger partial charge in [0.2, 0.25) is 29.5 Å². The highest BCUT2D eigenvalue weighted by atomic mass is 16.4. The third-order valence-corrected chi connectivity index (χ3v) is 7.08. The number of rotatable bonds is 17. The second-order valence-electron chi connectivity index (χ2n) is 12.2. The second-order valence-corrected chi connectivity index (χ2v) is 12.2. The lowest BCUT2D eigenvalue weighted by Gasteiger charge is -2.31. The first kappa shape index (κ1) is 37.7. The van der Waals surface area contributed by atoms with Crippen molar-refractivity contribution in [2.45, 2.75) is 103 Å². The summed E-state index contributed by atoms with van der Waals surface area (Å²) >= 11 is 0. The topological polar surface area (TPSA) is 240 Å². The molecule has 1 aliphatic rings. The molecule has 1 saturated heterocycles. The summed E-state index contributed by atoms with van der Waals surface area (Å²) in [6.45, 7) is 9.55. The average Bonchev–Trinajstić information content (AvgIpc) is 3.42. The van der Waals surface area contributed by atoms with Crippen molar-refractivity contribution in [2.75, 3.05) is 19.8 Å². The van der Waals surface area contributed by atoms with Crippen molar-refractivity contribution in [1.29, 1.82) is 0 Å². The van der Waals surface area contributed by atoms with Gasteiger partial charge in [-0.05, 0) is 43.4 Å². The molecule has 9 N–H and O–H groups in total. The van der Waals surface area contributed by atoms with Gasteiger partial charge in [-0.15, -0.1) is 0 Å². The summed E-state index contributed by atoms with van der Waals surface area (Å²) in [4.78, 5) is 78.0. The molecule has 1 heterocycles. The SMILES string of the molecule is CC(C)C[C@H](NC(=O)[C@H](CO)NC(=O)[C@@H](N)CO)C(=O)N[C@H](C(=O)N[C@@H](CC(C)C)C(=O)N1CCC[C@H]1C(=O)O)C(C)C. The highest BCUT2D eigenvalue weighted by molar-refractivity contribution is 5.96. The normalized spacial score (nSPS) is 18.5. The number of aliphatic hydroxyl groups is 2. The minimum Gasteiger partial charge on any atom is -0.480 e. The average molecular weight is 615 g/mol. The summed E-state index contributed by atoms with van der Waals surface area (Å²) < 4.78 is 0. The van der Waals surface area contributed by atoms with Gasteiger partial charge in [0.15, 0.2) is 0 Å². The van der Waals surface area contributed by atoms with E-state index >= 15 is 0 Å². The molecule has 43 heavy (non-hydrogen) atoms. The van der Waals surface area contributed by atoms with Crippen LogP contribution in [0.25, 0.3) is 0 Å². The first-order valence-corrected chi connectivity index (χ1v) is 14.8. The van der Waals surface area contributed by atoms with Gasteiger partial charge < -0.3 is 47.2 Å². The van der Waals surface area contributed by atoms with E-state index in [1.807, 2.05) is 27.7 Å². The molecule has 1 rings (SSSR count). The predicted molar refractivity (Wildman–Crippen MR) is 156 cm³/mol. The maximum atomic E-state index is 13.5. The second kappa shape index (κ2) is 17.7. The Bertz CT molecular complexity index is 990. The minimum absolute atomic E-state index is 0.00949. The molecular weight excluding hydrogens is 564 g/mol. The quantitative estimate of drug-likeness (QED) is 0.0901. The van der Waals surface area contributed by atoms with Crippen molar-refractivity contribution >= 4 is 35.5 Å². The summed E-state index contributed by atoms with van der Waals surface area (Å²) in [5.41, 5.74) is 5.45. The summed E-state index contributed by atoms with van der Waals surface area (Å²) in [5.74, 6) is -5.19. The van der Waals surface area contributed by atoms with Crippen LogP contribution in [-0.4, -0.2) is 112 Å². The molecule has 1 aliphatic heterocycles. The summed E-state index contributed by atoms with van der Waals surface area (Å²) in [5, 5.41) is 38.3. The summed E-state index contributed by atoms with van der Waals surface area (Å²) in [6.07, 6.45) is 1.28. The molecule has 15 heteroatoms. The van der Waals surface area contributed by atoms with Crippen LogP contribution >= 0.6 is 0 Å². The fraction of sp³-hybridized carbons (Fsp3) is 0.786. The monoisotopic (exact) mass is 614 g/mol. The molecule has 5 amide bonds. The Balaban J connectivity index is 3.11. The maximum Gasteiger partial charge on any atom is 0.326 e. The molecule has 0 radical (unpaired) electrons. The Morgan fingerprint density at radius 3 is 1.74 bits per heavy atom. The molecule has 246 valence electrons. The lowest BCUT2D eigenvalue weighted by atomic mass is 9.98. The molecule has 0 bridgehead atoms. The molecule has 0 aromatic carbocycles. The molecule has 15 nitrogen and oxygen atoms in total. The highest BCUT2D eigenvalue weighted by Gasteiger charge is 2.39. The number of nitrogens with one attached hydrogen (secondary N) is 4. The van der Waals surface area contributed by atoms with Gasteiger partial charge in [-0.25, -0.2) is 4.79 Å². The van der Waals surface area contributed by atoms with Crippen molar-refractivity contribution in [2.24, 2.45) is 23.5 Å². The van der Waals surface area contributed by atoms with Crippen LogP contribution < -0.4 is 27.0 Å². The lowest BCUT2D eigenvalue weighted by molar-refractivity contribution is -0.149. The number of likely N-dealkylation sites (tertiary alicyclic amines) is 1. The number of carboxylic acids is 1. The van der Waals surface area contributed by atoms with E-state index in [-0.39, 0.29) is 31.2 Å². The Labute approximate surface area is 252 Å². The van der Waals surface area contributed by atoms with Crippen LogP contribution in [0.3, 0.4) is 0 Å². The first-order chi connectivity index (χ1) is 20.0. The van der Waals surface area contributed by atoms with Crippen molar-refractivity contribution < 1.29 is 44.1 Å². The first-order valence-electron chi connectivity index (χ1n) is 14.8. The van der Waals surface area contributed by atoms with E-state index in [1.54, 1.807) is 13.8 Å². The van der Waals surface area contributed by atoms with Crippen molar-refractivity contribution in [3.05, 3.63) is 0 Å². The number of aliphatic hydroxyl groups excluding tert-OH is 2. The summed E-state index contributed by atoms with van der Waals surface area (Å²) in [7, 11) is 0. The van der Waals surface area contributed by atoms with E-state index in [9.17, 15) is 39.0 Å². The minimum atomic E-state index is -1.44. The van der Waals surface area contributed by atoms with E-state index in [0.717, 1.165) is 0 Å². The number of carbonyl (C=O) groups is 6. The van der Waals surface area contributed by atoms with Gasteiger partial charge in [0.25, 0.3) is 0 Å². The van der Waals surface area contributed by atoms with Gasteiger partial charge in [0.1, 0.15) is 36.3 Å². The molecular formula is C28H50N6O9. The Hall–Kier alpha value is -3.30. The number of carboxylic acid groups (broad SMARTS) is 1. The van der Waals surface area contributed by atoms with Crippen LogP contribution in [0.15, 0.2) is 0 Å². The molecule has 0 spiro atoms. The third-order valence-electron chi connectivity index (χ3n) is 7.08. The van der Waals surface area contributed by atoms with Crippen LogP contribution in [0, 0.1) is 17.8 Å². The highest BCUT2D eigenvalue weighted by Crippen LogP contribution is 2.21. The van der Waals surface area contributed by atoms with Crippen LogP contribution in [-0.2, 0) is 28.8 Å². The van der Waals surface area contributed by atoms with Crippen molar-refractivity contribution in [3.63, 3.8) is 0 Å². The van der Waals surface area contributed by atoms with Crippen LogP contribution in [0.5, 0.6) is 0 Å². The standard InChI is InChI=1S/C28H50N6O9/c1-14(2)10-18(30-25(39)20(13-36)32-23(37)17(29)12-35)24(38)33-22(16(5)6)26(40)31-19(11-15(3)4)27(41)34-9-7-8-21(34)28(42)43/h14-22,35-36H,7-13,29H2,1-6H3,(H,30,39)(H,31,40)(H,32,37)(H,33,38)(H,42,43)/t17-,18-,19-,20-,21-,22-/m0/s1. The van der Waals surface area contributed by atoms with Gasteiger partial charge in [-0.1, -0.05) is 41.5 Å². The number of amides is 5. The molecule has 6 atom stereocenters. The lowest BCUT2D eigenvalue weighted by Crippen LogP contribution is -2.61. The number of hydrogen-bond acceptors (Lipinski definition) is 9. The number of carbonyl (C=O) groups excluding carboxylic acids is 5. The zero-order chi connectivity index (χ0) is 33.0. The van der Waals surface area contributed by atoms with Crippen LogP contribution in [0.2, 0.25) is 0 Å². The zero-order valence-electron chi connectivity index (χ0n) is 26.0. The molecule has 0 aromatic rings. The number of nitrogens with zero attached hydrogens (tertiary/aromatic N) is 1. The fourth-order valence-electron chi connectivity index (χ4n) is 4.76. The summed E-state index contributed by atoms with van der Waals surface area (Å²) in [6, 6.07) is -6.98. The Kier molecular flexibility index (Phi) is 15.6. The van der Waals surface area contributed by atoms with Gasteiger partial charge in [0, 0.05) is 6.54 Å². The maximum absolute atomic E-state index is 13.5. The Morgan fingerprint density at radius 2 is 1.26 bits per heavy atom. The van der Waals surface area contributed by atoms with Gasteiger partial charge in [0.05, 0.1) is 13.2 Å². The van der Waals surface area contributed by atoms with Crippen molar-refractivity contribution in [1.82, 2.24) is 26.2 Å². The van der Waals surface area contributed by atoms with E-state index in [2.05, 4.69) is 21.3 Å². The molecule has 0 aliphatic carbocycles. The molecule has 0 aromatic heterocycles. The van der Waals surface area contributed by atoms with Crippen LogP contribution in [0.1, 0.15) is 67.2 Å². The fourth-order valence-corrected chi connectivity index (χ4v) is 4.76. The number of aliphatic carboxylic acids is 1. The zero-order valence-corrected chi connectivity index (χ0v) is 26.0. The van der Waals surface area contributed by atoms with Gasteiger partial charge >= 0.3 is 5.97 Å². The largest absolute Gasteiger partial charge is 0.480 e. The predicted octanol–water partition coefficient (Wildman–Crippen LogP) is -1.94. The van der Waals surface area contributed by atoms with E-state index in [0.29, 0.717) is 12.8 Å².